The van der Waals surface area contributed by atoms with Crippen molar-refractivity contribution in [2.24, 2.45) is 5.73 Å². The normalized spacial score (nSPS) is 16.1. The lowest BCUT2D eigenvalue weighted by atomic mass is 10.2. The summed E-state index contributed by atoms with van der Waals surface area (Å²) >= 11 is 1.35. The lowest BCUT2D eigenvalue weighted by Gasteiger charge is -2.23. The summed E-state index contributed by atoms with van der Waals surface area (Å²) < 4.78 is 7.21. The van der Waals surface area contributed by atoms with Crippen LogP contribution in [0.5, 0.6) is 0 Å². The highest BCUT2D eigenvalue weighted by atomic mass is 32.2. The van der Waals surface area contributed by atoms with E-state index in [1.165, 1.54) is 24.6 Å². The number of thioether (sulfide) groups is 1. The molecule has 9 heteroatoms. The lowest BCUT2D eigenvalue weighted by Crippen LogP contribution is -2.37. The van der Waals surface area contributed by atoms with E-state index in [0.29, 0.717) is 23.3 Å². The van der Waals surface area contributed by atoms with Gasteiger partial charge in [0.15, 0.2) is 16.7 Å². The minimum atomic E-state index is -0.404. The molecule has 1 saturated heterocycles. The van der Waals surface area contributed by atoms with Gasteiger partial charge in [0.05, 0.1) is 11.5 Å². The van der Waals surface area contributed by atoms with Crippen LogP contribution < -0.4 is 5.73 Å². The summed E-state index contributed by atoms with van der Waals surface area (Å²) in [5.41, 5.74) is 5.31. The van der Waals surface area contributed by atoms with Gasteiger partial charge in [0.1, 0.15) is 0 Å². The number of hydrogen-bond donors (Lipinski definition) is 1. The number of carbonyl (C=O) groups is 2. The topological polar surface area (TPSA) is 107 Å². The highest BCUT2D eigenvalue weighted by Crippen LogP contribution is 2.28. The first-order valence-electron chi connectivity index (χ1n) is 9.27. The van der Waals surface area contributed by atoms with Gasteiger partial charge in [0.25, 0.3) is 0 Å². The van der Waals surface area contributed by atoms with E-state index < -0.39 is 5.91 Å². The third-order valence-electron chi connectivity index (χ3n) is 4.59. The van der Waals surface area contributed by atoms with Crippen LogP contribution in [0, 0.1) is 0 Å². The highest BCUT2D eigenvalue weighted by molar-refractivity contribution is 8.00. The van der Waals surface area contributed by atoms with Crippen LogP contribution in [-0.2, 0) is 16.1 Å². The molecule has 0 aliphatic carbocycles. The van der Waals surface area contributed by atoms with Gasteiger partial charge in [-0.25, -0.2) is 0 Å². The van der Waals surface area contributed by atoms with Gasteiger partial charge in [-0.1, -0.05) is 24.6 Å². The Hall–Kier alpha value is -2.29. The van der Waals surface area contributed by atoms with E-state index in [1.54, 1.807) is 23.0 Å². The van der Waals surface area contributed by atoms with Crippen molar-refractivity contribution in [2.45, 2.75) is 56.0 Å². The van der Waals surface area contributed by atoms with E-state index in [9.17, 15) is 9.59 Å². The summed E-state index contributed by atoms with van der Waals surface area (Å²) in [6, 6.07) is 3.55. The third kappa shape index (κ3) is 4.91. The van der Waals surface area contributed by atoms with E-state index in [2.05, 4.69) is 10.2 Å². The lowest BCUT2D eigenvalue weighted by molar-refractivity contribution is -0.130. The van der Waals surface area contributed by atoms with Gasteiger partial charge in [-0.05, 0) is 31.9 Å². The van der Waals surface area contributed by atoms with Crippen molar-refractivity contribution >= 4 is 23.6 Å². The van der Waals surface area contributed by atoms with Crippen molar-refractivity contribution in [2.75, 3.05) is 13.1 Å². The van der Waals surface area contributed by atoms with Gasteiger partial charge in [-0.15, -0.1) is 10.2 Å². The summed E-state index contributed by atoms with van der Waals surface area (Å²) in [7, 11) is 0. The zero-order chi connectivity index (χ0) is 19.2. The Labute approximate surface area is 162 Å². The van der Waals surface area contributed by atoms with Gasteiger partial charge in [-0.3, -0.25) is 14.2 Å². The van der Waals surface area contributed by atoms with Crippen LogP contribution in [0.4, 0.5) is 0 Å². The zero-order valence-corrected chi connectivity index (χ0v) is 16.3. The average Bonchev–Trinajstić information content (AvgIpc) is 3.22. The molecule has 146 valence electrons. The Kier molecular flexibility index (Phi) is 6.54. The van der Waals surface area contributed by atoms with Crippen LogP contribution in [0.2, 0.25) is 0 Å². The number of hydrogen-bond acceptors (Lipinski definition) is 6. The van der Waals surface area contributed by atoms with Crippen molar-refractivity contribution in [3.8, 4) is 11.6 Å². The van der Waals surface area contributed by atoms with E-state index >= 15 is 0 Å². The summed E-state index contributed by atoms with van der Waals surface area (Å²) in [5, 5.41) is 8.72. The fourth-order valence-electron chi connectivity index (χ4n) is 3.14. The van der Waals surface area contributed by atoms with Crippen LogP contribution >= 0.6 is 11.8 Å². The molecule has 1 aliphatic rings. The minimum absolute atomic E-state index is 0.117. The van der Waals surface area contributed by atoms with Gasteiger partial charge < -0.3 is 15.1 Å². The molecule has 1 unspecified atom stereocenters. The van der Waals surface area contributed by atoms with Gasteiger partial charge >= 0.3 is 0 Å². The van der Waals surface area contributed by atoms with Gasteiger partial charge in [0.2, 0.25) is 11.8 Å². The zero-order valence-electron chi connectivity index (χ0n) is 15.5. The van der Waals surface area contributed by atoms with E-state index in [4.69, 9.17) is 10.2 Å². The smallest absolute Gasteiger partial charge is 0.235 e. The standard InChI is InChI=1S/C18H25N5O3S/c1-13(17(25)22-9-4-2-3-5-10-22)27-18-21-20-16(14-7-6-12-26-14)23(18)11-8-15(19)24/h6-7,12-13H,2-5,8-11H2,1H3,(H2,19,24). The first-order valence-corrected chi connectivity index (χ1v) is 10.1. The predicted octanol–water partition coefficient (Wildman–Crippen LogP) is 2.30. The minimum Gasteiger partial charge on any atom is -0.461 e. The number of amides is 2. The van der Waals surface area contributed by atoms with Crippen molar-refractivity contribution in [1.82, 2.24) is 19.7 Å². The maximum absolute atomic E-state index is 12.8. The highest BCUT2D eigenvalue weighted by Gasteiger charge is 2.25. The number of primary amides is 1. The van der Waals surface area contributed by atoms with Gasteiger partial charge in [0, 0.05) is 26.1 Å². The van der Waals surface area contributed by atoms with Crippen molar-refractivity contribution in [3.05, 3.63) is 18.4 Å². The molecule has 2 aromatic rings. The van der Waals surface area contributed by atoms with Crippen LogP contribution in [0.3, 0.4) is 0 Å². The maximum atomic E-state index is 12.8. The molecule has 8 nitrogen and oxygen atoms in total. The quantitative estimate of drug-likeness (QED) is 0.726. The molecule has 27 heavy (non-hydrogen) atoms. The third-order valence-corrected chi connectivity index (χ3v) is 5.66. The Morgan fingerprint density at radius 1 is 1.26 bits per heavy atom. The Balaban J connectivity index is 1.76. The second-order valence-electron chi connectivity index (χ2n) is 6.65. The second kappa shape index (κ2) is 9.07. The largest absolute Gasteiger partial charge is 0.461 e. The fraction of sp³-hybridized carbons (Fsp3) is 0.556. The number of nitrogens with zero attached hydrogens (tertiary/aromatic N) is 4. The molecule has 3 heterocycles. The predicted molar refractivity (Wildman–Crippen MR) is 102 cm³/mol. The van der Waals surface area contributed by atoms with Crippen molar-refractivity contribution in [3.63, 3.8) is 0 Å². The number of aromatic nitrogens is 3. The summed E-state index contributed by atoms with van der Waals surface area (Å²) in [5.74, 6) is 0.799. The van der Waals surface area contributed by atoms with Gasteiger partial charge in [-0.2, -0.15) is 0 Å². The van der Waals surface area contributed by atoms with E-state index in [1.807, 2.05) is 11.8 Å². The Morgan fingerprint density at radius 2 is 2.00 bits per heavy atom. The molecule has 3 rings (SSSR count). The molecule has 1 aliphatic heterocycles. The summed E-state index contributed by atoms with van der Waals surface area (Å²) in [6.07, 6.45) is 6.19. The number of likely N-dealkylation sites (tertiary alicyclic amines) is 1. The number of carbonyl (C=O) groups excluding carboxylic acids is 2. The average molecular weight is 391 g/mol. The molecule has 1 fully saturated rings. The van der Waals surface area contributed by atoms with E-state index in [-0.39, 0.29) is 17.6 Å². The Morgan fingerprint density at radius 3 is 2.63 bits per heavy atom. The van der Waals surface area contributed by atoms with Crippen molar-refractivity contribution < 1.29 is 14.0 Å². The molecule has 0 bridgehead atoms. The number of furan rings is 1. The molecule has 2 N–H and O–H groups in total. The van der Waals surface area contributed by atoms with Crippen LogP contribution in [-0.4, -0.2) is 49.8 Å². The van der Waals surface area contributed by atoms with Crippen LogP contribution in [0.25, 0.3) is 11.6 Å². The summed E-state index contributed by atoms with van der Waals surface area (Å²) in [4.78, 5) is 26.0. The molecule has 2 amide bonds. The van der Waals surface area contributed by atoms with Crippen LogP contribution in [0.1, 0.15) is 39.0 Å². The fourth-order valence-corrected chi connectivity index (χ4v) is 4.10. The molecule has 0 radical (unpaired) electrons. The maximum Gasteiger partial charge on any atom is 0.235 e. The molecule has 2 aromatic heterocycles. The molecule has 0 spiro atoms. The first kappa shape index (κ1) is 19.5. The number of rotatable bonds is 7. The molecule has 0 aromatic carbocycles. The monoisotopic (exact) mass is 391 g/mol. The van der Waals surface area contributed by atoms with Crippen LogP contribution in [0.15, 0.2) is 28.0 Å². The SMILES string of the molecule is CC(Sc1nnc(-c2ccco2)n1CCC(N)=O)C(=O)N1CCCCCC1. The second-order valence-corrected chi connectivity index (χ2v) is 7.96. The van der Waals surface area contributed by atoms with Crippen molar-refractivity contribution in [1.29, 1.82) is 0 Å². The molecule has 0 saturated carbocycles. The Bertz CT molecular complexity index is 766. The van der Waals surface area contributed by atoms with E-state index in [0.717, 1.165) is 25.9 Å². The number of nitrogens with two attached hydrogens (primary N) is 1. The molecular formula is C18H25N5O3S. The first-order chi connectivity index (χ1) is 13.1. The molecular weight excluding hydrogens is 366 g/mol. The summed E-state index contributed by atoms with van der Waals surface area (Å²) in [6.45, 7) is 3.86. The molecule has 1 atom stereocenters.